The summed E-state index contributed by atoms with van der Waals surface area (Å²) >= 11 is 6.16. The molecule has 7 nitrogen and oxygen atoms in total. The highest BCUT2D eigenvalue weighted by Crippen LogP contribution is 2.16. The molecule has 30 heavy (non-hydrogen) atoms. The fourth-order valence-electron chi connectivity index (χ4n) is 2.75. The Balaban J connectivity index is 1.51. The monoisotopic (exact) mass is 424 g/mol. The van der Waals surface area contributed by atoms with Crippen LogP contribution in [0, 0.1) is 0 Å². The van der Waals surface area contributed by atoms with Crippen molar-refractivity contribution < 1.29 is 9.59 Å². The highest BCUT2D eigenvalue weighted by Gasteiger charge is 2.07. The van der Waals surface area contributed by atoms with Crippen molar-refractivity contribution in [3.05, 3.63) is 93.9 Å². The molecule has 0 saturated heterocycles. The van der Waals surface area contributed by atoms with E-state index in [-0.39, 0.29) is 30.5 Å². The normalized spacial score (nSPS) is 10.3. The van der Waals surface area contributed by atoms with Gasteiger partial charge in [-0.2, -0.15) is 0 Å². The number of carbonyl (C=O) groups is 2. The topological polar surface area (TPSA) is 92.2 Å². The first kappa shape index (κ1) is 21.1. The van der Waals surface area contributed by atoms with Crippen LogP contribution in [0.3, 0.4) is 0 Å². The van der Waals surface area contributed by atoms with E-state index in [1.165, 1.54) is 10.6 Å². The van der Waals surface area contributed by atoms with Gasteiger partial charge in [-0.1, -0.05) is 48.0 Å². The summed E-state index contributed by atoms with van der Waals surface area (Å²) in [6.45, 7) is 0.465. The molecular weight excluding hydrogens is 404 g/mol. The maximum absolute atomic E-state index is 12.2. The second-order valence-corrected chi connectivity index (χ2v) is 6.93. The van der Waals surface area contributed by atoms with Gasteiger partial charge in [0.1, 0.15) is 0 Å². The van der Waals surface area contributed by atoms with Crippen molar-refractivity contribution in [3.8, 4) is 0 Å². The van der Waals surface area contributed by atoms with Crippen molar-refractivity contribution in [1.82, 2.24) is 9.88 Å². The first-order chi connectivity index (χ1) is 14.5. The number of hydrogen-bond donors (Lipinski definition) is 3. The molecule has 0 aliphatic carbocycles. The Labute approximate surface area is 178 Å². The number of halogens is 1. The SMILES string of the molecule is O=C(CCNC(=O)Nc1ccccc1)Nc1ccc(=O)n(Cc2ccccc2Cl)c1. The van der Waals surface area contributed by atoms with Crippen molar-refractivity contribution in [1.29, 1.82) is 0 Å². The molecule has 0 atom stereocenters. The number of aromatic nitrogens is 1. The van der Waals surface area contributed by atoms with Crippen LogP contribution in [0.15, 0.2) is 77.7 Å². The number of para-hydroxylation sites is 1. The zero-order valence-electron chi connectivity index (χ0n) is 16.1. The zero-order chi connectivity index (χ0) is 21.3. The summed E-state index contributed by atoms with van der Waals surface area (Å²) in [6.07, 6.45) is 1.66. The third kappa shape index (κ3) is 6.22. The number of hydrogen-bond acceptors (Lipinski definition) is 3. The Morgan fingerprint density at radius 1 is 0.867 bits per heavy atom. The number of nitrogens with zero attached hydrogens (tertiary/aromatic N) is 1. The summed E-state index contributed by atoms with van der Waals surface area (Å²) in [6, 6.07) is 18.8. The van der Waals surface area contributed by atoms with Gasteiger partial charge in [-0.25, -0.2) is 4.79 Å². The van der Waals surface area contributed by atoms with E-state index in [1.807, 2.05) is 36.4 Å². The third-order valence-corrected chi connectivity index (χ3v) is 4.60. The lowest BCUT2D eigenvalue weighted by molar-refractivity contribution is -0.116. The second kappa shape index (κ2) is 10.3. The fourth-order valence-corrected chi connectivity index (χ4v) is 2.94. The zero-order valence-corrected chi connectivity index (χ0v) is 16.9. The van der Waals surface area contributed by atoms with Crippen molar-refractivity contribution in [3.63, 3.8) is 0 Å². The molecule has 3 amide bonds. The van der Waals surface area contributed by atoms with E-state index in [0.29, 0.717) is 22.9 Å². The van der Waals surface area contributed by atoms with Crippen LogP contribution in [0.25, 0.3) is 0 Å². The minimum atomic E-state index is -0.387. The van der Waals surface area contributed by atoms with Crippen LogP contribution in [0.2, 0.25) is 5.02 Å². The lowest BCUT2D eigenvalue weighted by atomic mass is 10.2. The Hall–Kier alpha value is -3.58. The lowest BCUT2D eigenvalue weighted by Crippen LogP contribution is -2.31. The smallest absolute Gasteiger partial charge is 0.319 e. The molecule has 1 aromatic heterocycles. The lowest BCUT2D eigenvalue weighted by Gasteiger charge is -2.11. The highest BCUT2D eigenvalue weighted by atomic mass is 35.5. The fraction of sp³-hybridized carbons (Fsp3) is 0.136. The quantitative estimate of drug-likeness (QED) is 0.540. The van der Waals surface area contributed by atoms with E-state index >= 15 is 0 Å². The molecule has 3 rings (SSSR count). The summed E-state index contributed by atoms with van der Waals surface area (Å²) in [7, 11) is 0. The van der Waals surface area contributed by atoms with Gasteiger partial charge >= 0.3 is 6.03 Å². The Kier molecular flexibility index (Phi) is 7.24. The minimum absolute atomic E-state index is 0.0891. The van der Waals surface area contributed by atoms with Crippen LogP contribution < -0.4 is 21.5 Å². The molecule has 0 fully saturated rings. The van der Waals surface area contributed by atoms with Crippen LogP contribution in [0.5, 0.6) is 0 Å². The Morgan fingerprint density at radius 3 is 2.37 bits per heavy atom. The third-order valence-electron chi connectivity index (χ3n) is 4.24. The van der Waals surface area contributed by atoms with Crippen molar-refractivity contribution in [2.24, 2.45) is 0 Å². The number of carbonyl (C=O) groups excluding carboxylic acids is 2. The van der Waals surface area contributed by atoms with Gasteiger partial charge in [0.25, 0.3) is 5.56 Å². The molecule has 0 radical (unpaired) electrons. The summed E-state index contributed by atoms with van der Waals surface area (Å²) < 4.78 is 1.47. The molecule has 154 valence electrons. The summed E-state index contributed by atoms with van der Waals surface area (Å²) in [5.41, 5.74) is 1.76. The van der Waals surface area contributed by atoms with Gasteiger partial charge < -0.3 is 20.5 Å². The summed E-state index contributed by atoms with van der Waals surface area (Å²) in [4.78, 5) is 36.1. The van der Waals surface area contributed by atoms with Gasteiger partial charge in [-0.3, -0.25) is 9.59 Å². The molecule has 0 saturated carbocycles. The maximum Gasteiger partial charge on any atom is 0.319 e. The van der Waals surface area contributed by atoms with Crippen molar-refractivity contribution in [2.45, 2.75) is 13.0 Å². The first-order valence-electron chi connectivity index (χ1n) is 9.35. The maximum atomic E-state index is 12.2. The number of pyridine rings is 1. The number of nitrogens with one attached hydrogen (secondary N) is 3. The largest absolute Gasteiger partial charge is 0.337 e. The van der Waals surface area contributed by atoms with Crippen LogP contribution in [0.1, 0.15) is 12.0 Å². The van der Waals surface area contributed by atoms with E-state index in [9.17, 15) is 14.4 Å². The predicted molar refractivity (Wildman–Crippen MR) is 118 cm³/mol. The molecule has 3 aromatic rings. The molecule has 0 bridgehead atoms. The average molecular weight is 425 g/mol. The molecule has 8 heteroatoms. The molecule has 0 aliphatic heterocycles. The van der Waals surface area contributed by atoms with Crippen LogP contribution >= 0.6 is 11.6 Å². The van der Waals surface area contributed by atoms with Gasteiger partial charge in [0, 0.05) is 35.9 Å². The number of rotatable bonds is 7. The molecule has 3 N–H and O–H groups in total. The number of anilines is 2. The summed E-state index contributed by atoms with van der Waals surface area (Å²) in [5, 5.41) is 8.60. The molecule has 0 unspecified atom stereocenters. The molecule has 0 spiro atoms. The van der Waals surface area contributed by atoms with Gasteiger partial charge in [0.2, 0.25) is 5.91 Å². The van der Waals surface area contributed by atoms with E-state index in [0.717, 1.165) is 5.56 Å². The van der Waals surface area contributed by atoms with E-state index in [1.54, 1.807) is 30.5 Å². The number of amides is 3. The number of urea groups is 1. The molecule has 2 aromatic carbocycles. The number of benzene rings is 2. The second-order valence-electron chi connectivity index (χ2n) is 6.52. The molecule has 0 aliphatic rings. The van der Waals surface area contributed by atoms with E-state index in [2.05, 4.69) is 16.0 Å². The van der Waals surface area contributed by atoms with Crippen molar-refractivity contribution in [2.75, 3.05) is 17.2 Å². The van der Waals surface area contributed by atoms with Crippen LogP contribution in [0.4, 0.5) is 16.2 Å². The van der Waals surface area contributed by atoms with Crippen molar-refractivity contribution >= 4 is 34.9 Å². The van der Waals surface area contributed by atoms with Crippen LogP contribution in [-0.2, 0) is 11.3 Å². The van der Waals surface area contributed by atoms with Gasteiger partial charge in [0.05, 0.1) is 12.2 Å². The van der Waals surface area contributed by atoms with E-state index in [4.69, 9.17) is 11.6 Å². The average Bonchev–Trinajstić information content (AvgIpc) is 2.73. The Morgan fingerprint density at radius 2 is 1.60 bits per heavy atom. The van der Waals surface area contributed by atoms with E-state index < -0.39 is 0 Å². The van der Waals surface area contributed by atoms with Gasteiger partial charge in [-0.05, 0) is 29.8 Å². The Bertz CT molecular complexity index is 1080. The van der Waals surface area contributed by atoms with Gasteiger partial charge in [0.15, 0.2) is 0 Å². The highest BCUT2D eigenvalue weighted by molar-refractivity contribution is 6.31. The predicted octanol–water partition coefficient (Wildman–Crippen LogP) is 3.70. The standard InChI is InChI=1S/C22H21ClN4O3/c23-19-9-5-4-6-16(19)14-27-15-18(10-11-21(27)29)25-20(28)12-13-24-22(30)26-17-7-2-1-3-8-17/h1-11,15H,12-14H2,(H,25,28)(H2,24,26,30). The summed E-state index contributed by atoms with van der Waals surface area (Å²) in [5.74, 6) is -0.280. The van der Waals surface area contributed by atoms with Gasteiger partial charge in [-0.15, -0.1) is 0 Å². The molecule has 1 heterocycles. The molecular formula is C22H21ClN4O3. The minimum Gasteiger partial charge on any atom is -0.337 e. The first-order valence-corrected chi connectivity index (χ1v) is 9.73. The van der Waals surface area contributed by atoms with Crippen LogP contribution in [-0.4, -0.2) is 23.1 Å².